The minimum atomic E-state index is -0.915. The summed E-state index contributed by atoms with van der Waals surface area (Å²) in [4.78, 5) is 10.9. The summed E-state index contributed by atoms with van der Waals surface area (Å²) in [6.07, 6.45) is 1.59. The van der Waals surface area contributed by atoms with E-state index in [-0.39, 0.29) is 0 Å². The zero-order valence-corrected chi connectivity index (χ0v) is 16.1. The lowest BCUT2D eigenvalue weighted by molar-refractivity contribution is 0.509. The van der Waals surface area contributed by atoms with Crippen LogP contribution in [0.15, 0.2) is 48.7 Å². The van der Waals surface area contributed by atoms with Crippen molar-refractivity contribution in [3.05, 3.63) is 65.9 Å². The Hall–Kier alpha value is -3.22. The van der Waals surface area contributed by atoms with Gasteiger partial charge < -0.3 is 15.5 Å². The number of halogens is 2. The van der Waals surface area contributed by atoms with Crippen molar-refractivity contribution in [3.8, 4) is 0 Å². The normalized spacial score (nSPS) is 10.6. The molecule has 1 heterocycles. The van der Waals surface area contributed by atoms with Crippen LogP contribution in [0.5, 0.6) is 0 Å². The van der Waals surface area contributed by atoms with Crippen molar-refractivity contribution < 1.29 is 8.78 Å². The molecule has 0 amide bonds. The van der Waals surface area contributed by atoms with E-state index in [0.717, 1.165) is 36.5 Å². The molecule has 0 fully saturated rings. The Bertz CT molecular complexity index is 957. The van der Waals surface area contributed by atoms with Crippen molar-refractivity contribution in [1.29, 1.82) is 0 Å². The van der Waals surface area contributed by atoms with E-state index in [9.17, 15) is 8.78 Å². The van der Waals surface area contributed by atoms with Crippen LogP contribution in [-0.2, 0) is 0 Å². The SMILES string of the molecule is CCN(CC)c1ccc(Nc2nccc(Nc3ccc(F)c(F)c3)n2)c(C)c1. The fourth-order valence-corrected chi connectivity index (χ4v) is 2.90. The van der Waals surface area contributed by atoms with Gasteiger partial charge in [0, 0.05) is 42.4 Å². The van der Waals surface area contributed by atoms with E-state index < -0.39 is 11.6 Å². The highest BCUT2D eigenvalue weighted by molar-refractivity contribution is 5.65. The average molecular weight is 383 g/mol. The van der Waals surface area contributed by atoms with Gasteiger partial charge in [0.15, 0.2) is 11.6 Å². The zero-order chi connectivity index (χ0) is 20.1. The second-order valence-electron chi connectivity index (χ2n) is 6.32. The summed E-state index contributed by atoms with van der Waals surface area (Å²) in [6, 6.07) is 11.4. The highest BCUT2D eigenvalue weighted by Crippen LogP contribution is 2.25. The second kappa shape index (κ2) is 8.65. The maximum atomic E-state index is 13.4. The van der Waals surface area contributed by atoms with Gasteiger partial charge in [-0.25, -0.2) is 13.8 Å². The van der Waals surface area contributed by atoms with Gasteiger partial charge >= 0.3 is 0 Å². The average Bonchev–Trinajstić information content (AvgIpc) is 2.68. The molecule has 0 unspecified atom stereocenters. The Morgan fingerprint density at radius 3 is 2.39 bits per heavy atom. The third kappa shape index (κ3) is 4.54. The first-order chi connectivity index (χ1) is 13.5. The van der Waals surface area contributed by atoms with Gasteiger partial charge in [0.2, 0.25) is 5.95 Å². The molecular weight excluding hydrogens is 360 g/mol. The Morgan fingerprint density at radius 2 is 1.71 bits per heavy atom. The molecule has 7 heteroatoms. The molecule has 0 aliphatic rings. The summed E-state index contributed by atoms with van der Waals surface area (Å²) >= 11 is 0. The van der Waals surface area contributed by atoms with Crippen LogP contribution < -0.4 is 15.5 Å². The first kappa shape index (κ1) is 19.5. The Kier molecular flexibility index (Phi) is 6.03. The van der Waals surface area contributed by atoms with Crippen molar-refractivity contribution in [2.24, 2.45) is 0 Å². The zero-order valence-electron chi connectivity index (χ0n) is 16.1. The van der Waals surface area contributed by atoms with Crippen molar-refractivity contribution in [3.63, 3.8) is 0 Å². The molecule has 1 aromatic heterocycles. The molecule has 3 aromatic rings. The molecule has 0 aliphatic carbocycles. The van der Waals surface area contributed by atoms with Crippen LogP contribution >= 0.6 is 0 Å². The van der Waals surface area contributed by atoms with Crippen molar-refractivity contribution in [2.45, 2.75) is 20.8 Å². The van der Waals surface area contributed by atoms with Crippen molar-refractivity contribution in [1.82, 2.24) is 9.97 Å². The summed E-state index contributed by atoms with van der Waals surface area (Å²) < 4.78 is 26.4. The lowest BCUT2D eigenvalue weighted by atomic mass is 10.1. The van der Waals surface area contributed by atoms with Gasteiger partial charge in [0.05, 0.1) is 0 Å². The molecule has 146 valence electrons. The maximum absolute atomic E-state index is 13.4. The van der Waals surface area contributed by atoms with Crippen LogP contribution in [0, 0.1) is 18.6 Å². The Morgan fingerprint density at radius 1 is 0.929 bits per heavy atom. The quantitative estimate of drug-likeness (QED) is 0.572. The van der Waals surface area contributed by atoms with Crippen molar-refractivity contribution in [2.75, 3.05) is 28.6 Å². The number of benzene rings is 2. The summed E-state index contributed by atoms with van der Waals surface area (Å²) in [6.45, 7) is 8.18. The third-order valence-corrected chi connectivity index (χ3v) is 4.43. The molecule has 0 spiro atoms. The van der Waals surface area contributed by atoms with Gasteiger partial charge in [-0.3, -0.25) is 0 Å². The lowest BCUT2D eigenvalue weighted by Gasteiger charge is -2.22. The highest BCUT2D eigenvalue weighted by atomic mass is 19.2. The first-order valence-electron chi connectivity index (χ1n) is 9.18. The van der Waals surface area contributed by atoms with Crippen LogP contribution in [0.25, 0.3) is 0 Å². The molecule has 28 heavy (non-hydrogen) atoms. The van der Waals surface area contributed by atoms with Crippen LogP contribution in [-0.4, -0.2) is 23.1 Å². The van der Waals surface area contributed by atoms with E-state index in [2.05, 4.69) is 51.5 Å². The van der Waals surface area contributed by atoms with Crippen LogP contribution in [0.3, 0.4) is 0 Å². The highest BCUT2D eigenvalue weighted by Gasteiger charge is 2.08. The van der Waals surface area contributed by atoms with Crippen molar-refractivity contribution >= 4 is 28.8 Å². The number of aryl methyl sites for hydroxylation is 1. The monoisotopic (exact) mass is 383 g/mol. The topological polar surface area (TPSA) is 53.1 Å². The minimum Gasteiger partial charge on any atom is -0.372 e. The summed E-state index contributed by atoms with van der Waals surface area (Å²) in [5.41, 5.74) is 3.55. The Balaban J connectivity index is 1.76. The lowest BCUT2D eigenvalue weighted by Crippen LogP contribution is -2.21. The number of nitrogens with zero attached hydrogens (tertiary/aromatic N) is 3. The van der Waals surface area contributed by atoms with Gasteiger partial charge in [-0.1, -0.05) is 0 Å². The predicted molar refractivity (Wildman–Crippen MR) is 110 cm³/mol. The third-order valence-electron chi connectivity index (χ3n) is 4.43. The van der Waals surface area contributed by atoms with E-state index in [4.69, 9.17) is 0 Å². The number of aromatic nitrogens is 2. The maximum Gasteiger partial charge on any atom is 0.229 e. The summed E-state index contributed by atoms with van der Waals surface area (Å²) in [5.74, 6) is -0.923. The first-order valence-corrected chi connectivity index (χ1v) is 9.18. The molecule has 5 nitrogen and oxygen atoms in total. The fraction of sp³-hybridized carbons (Fsp3) is 0.238. The van der Waals surface area contributed by atoms with Crippen LogP contribution in [0.1, 0.15) is 19.4 Å². The number of hydrogen-bond donors (Lipinski definition) is 2. The van der Waals surface area contributed by atoms with Gasteiger partial charge in [0.25, 0.3) is 0 Å². The molecule has 0 saturated carbocycles. The van der Waals surface area contributed by atoms with Crippen LogP contribution in [0.4, 0.5) is 37.6 Å². The number of anilines is 5. The van der Waals surface area contributed by atoms with Gasteiger partial charge in [-0.05, 0) is 62.7 Å². The van der Waals surface area contributed by atoms with E-state index in [1.165, 1.54) is 11.8 Å². The molecule has 0 aliphatic heterocycles. The standard InChI is InChI=1S/C21H23F2N5/c1-4-28(5-2)16-7-9-19(14(3)12-16)26-21-24-11-10-20(27-21)25-15-6-8-17(22)18(23)13-15/h6-13H,4-5H2,1-3H3,(H2,24,25,26,27). The molecule has 2 N–H and O–H groups in total. The molecule has 0 radical (unpaired) electrons. The van der Waals surface area contributed by atoms with E-state index in [0.29, 0.717) is 17.5 Å². The largest absolute Gasteiger partial charge is 0.372 e. The smallest absolute Gasteiger partial charge is 0.229 e. The summed E-state index contributed by atoms with van der Waals surface area (Å²) in [7, 11) is 0. The molecule has 0 atom stereocenters. The van der Waals surface area contributed by atoms with E-state index in [1.54, 1.807) is 12.3 Å². The Labute approximate surface area is 163 Å². The second-order valence-corrected chi connectivity index (χ2v) is 6.32. The molecule has 2 aromatic carbocycles. The van der Waals surface area contributed by atoms with Gasteiger partial charge in [-0.15, -0.1) is 0 Å². The molecular formula is C21H23F2N5. The molecule has 3 rings (SSSR count). The molecule has 0 saturated heterocycles. The number of nitrogens with one attached hydrogen (secondary N) is 2. The van der Waals surface area contributed by atoms with E-state index >= 15 is 0 Å². The number of hydrogen-bond acceptors (Lipinski definition) is 5. The van der Waals surface area contributed by atoms with E-state index in [1.807, 2.05) is 13.0 Å². The van der Waals surface area contributed by atoms with Gasteiger partial charge in [-0.2, -0.15) is 4.98 Å². The van der Waals surface area contributed by atoms with Crippen LogP contribution in [0.2, 0.25) is 0 Å². The number of rotatable bonds is 7. The minimum absolute atomic E-state index is 0.406. The fourth-order valence-electron chi connectivity index (χ4n) is 2.90. The summed E-state index contributed by atoms with van der Waals surface area (Å²) in [5, 5.41) is 6.15. The predicted octanol–water partition coefficient (Wildman–Crippen LogP) is 5.40. The molecule has 0 bridgehead atoms. The van der Waals surface area contributed by atoms with Gasteiger partial charge in [0.1, 0.15) is 5.82 Å².